The smallest absolute Gasteiger partial charge is 0.319 e. The summed E-state index contributed by atoms with van der Waals surface area (Å²) >= 11 is 0. The van der Waals surface area contributed by atoms with Crippen molar-refractivity contribution in [3.05, 3.63) is 29.8 Å². The molecular formula is C13H17N3O4. The van der Waals surface area contributed by atoms with Gasteiger partial charge in [-0.2, -0.15) is 0 Å². The van der Waals surface area contributed by atoms with Crippen molar-refractivity contribution >= 4 is 23.6 Å². The maximum absolute atomic E-state index is 11.6. The Morgan fingerprint density at radius 1 is 1.20 bits per heavy atom. The van der Waals surface area contributed by atoms with Crippen LogP contribution in [0, 0.1) is 0 Å². The number of hydrogen-bond donors (Lipinski definition) is 4. The average Bonchev–Trinajstić information content (AvgIpc) is 2.43. The third kappa shape index (κ3) is 5.38. The van der Waals surface area contributed by atoms with Gasteiger partial charge >= 0.3 is 12.0 Å². The van der Waals surface area contributed by atoms with E-state index in [-0.39, 0.29) is 18.9 Å². The van der Waals surface area contributed by atoms with Crippen molar-refractivity contribution in [1.82, 2.24) is 10.6 Å². The molecule has 4 N–H and O–H groups in total. The predicted octanol–water partition coefficient (Wildman–Crippen LogP) is 0.571. The standard InChI is InChI=1S/C13H17N3O4/c1-14-11(17)8-15-13(20)16-10-5-3-2-4-9(10)6-7-12(18)19/h2-5H,6-8H2,1H3,(H,14,17)(H,18,19)(H2,15,16,20). The van der Waals surface area contributed by atoms with E-state index in [1.807, 2.05) is 0 Å². The summed E-state index contributed by atoms with van der Waals surface area (Å²) < 4.78 is 0. The lowest BCUT2D eigenvalue weighted by molar-refractivity contribution is -0.137. The van der Waals surface area contributed by atoms with Gasteiger partial charge in [-0.1, -0.05) is 18.2 Å². The predicted molar refractivity (Wildman–Crippen MR) is 73.5 cm³/mol. The Bertz CT molecular complexity index is 502. The first-order chi connectivity index (χ1) is 9.52. The molecule has 0 aromatic heterocycles. The fourth-order valence-electron chi connectivity index (χ4n) is 1.52. The number of carbonyl (C=O) groups is 3. The van der Waals surface area contributed by atoms with Crippen molar-refractivity contribution in [3.8, 4) is 0 Å². The average molecular weight is 279 g/mol. The molecule has 7 heteroatoms. The van der Waals surface area contributed by atoms with Gasteiger partial charge in [0.05, 0.1) is 6.54 Å². The van der Waals surface area contributed by atoms with Crippen molar-refractivity contribution in [2.45, 2.75) is 12.8 Å². The lowest BCUT2D eigenvalue weighted by atomic mass is 10.1. The molecule has 0 spiro atoms. The monoisotopic (exact) mass is 279 g/mol. The van der Waals surface area contributed by atoms with Crippen LogP contribution in [0.2, 0.25) is 0 Å². The zero-order valence-corrected chi connectivity index (χ0v) is 11.1. The van der Waals surface area contributed by atoms with Crippen LogP contribution in [0.3, 0.4) is 0 Å². The fraction of sp³-hybridized carbons (Fsp3) is 0.308. The highest BCUT2D eigenvalue weighted by Crippen LogP contribution is 2.16. The minimum Gasteiger partial charge on any atom is -0.481 e. The number of carbonyl (C=O) groups excluding carboxylic acids is 2. The van der Waals surface area contributed by atoms with Crippen LogP contribution >= 0.6 is 0 Å². The van der Waals surface area contributed by atoms with E-state index >= 15 is 0 Å². The summed E-state index contributed by atoms with van der Waals surface area (Å²) in [7, 11) is 1.48. The number of rotatable bonds is 6. The van der Waals surface area contributed by atoms with Gasteiger partial charge in [0.25, 0.3) is 0 Å². The van der Waals surface area contributed by atoms with Crippen LogP contribution in [-0.4, -0.2) is 36.6 Å². The molecule has 0 saturated heterocycles. The fourth-order valence-corrected chi connectivity index (χ4v) is 1.52. The van der Waals surface area contributed by atoms with Crippen molar-refractivity contribution in [2.24, 2.45) is 0 Å². The summed E-state index contributed by atoms with van der Waals surface area (Å²) in [5.41, 5.74) is 1.26. The van der Waals surface area contributed by atoms with Crippen molar-refractivity contribution in [3.63, 3.8) is 0 Å². The molecule has 1 aromatic carbocycles. The van der Waals surface area contributed by atoms with E-state index in [9.17, 15) is 14.4 Å². The van der Waals surface area contributed by atoms with E-state index in [4.69, 9.17) is 5.11 Å². The second-order valence-corrected chi connectivity index (χ2v) is 4.03. The largest absolute Gasteiger partial charge is 0.481 e. The van der Waals surface area contributed by atoms with Crippen LogP contribution < -0.4 is 16.0 Å². The maximum Gasteiger partial charge on any atom is 0.319 e. The molecule has 1 rings (SSSR count). The Labute approximate surface area is 116 Å². The first kappa shape index (κ1) is 15.5. The van der Waals surface area contributed by atoms with Crippen LogP contribution in [-0.2, 0) is 16.0 Å². The summed E-state index contributed by atoms with van der Waals surface area (Å²) in [5, 5.41) is 16.0. The zero-order chi connectivity index (χ0) is 15.0. The first-order valence-corrected chi connectivity index (χ1v) is 6.08. The second kappa shape index (κ2) is 7.78. The minimum atomic E-state index is -0.899. The number of hydrogen-bond acceptors (Lipinski definition) is 3. The molecule has 0 aliphatic carbocycles. The SMILES string of the molecule is CNC(=O)CNC(=O)Nc1ccccc1CCC(=O)O. The normalized spacial score (nSPS) is 9.65. The van der Waals surface area contributed by atoms with Crippen LogP contribution in [0.4, 0.5) is 10.5 Å². The van der Waals surface area contributed by atoms with Crippen molar-refractivity contribution in [2.75, 3.05) is 18.9 Å². The third-order valence-electron chi connectivity index (χ3n) is 2.56. The summed E-state index contributed by atoms with van der Waals surface area (Å²) in [6.45, 7) is -0.125. The minimum absolute atomic E-state index is 0.0153. The van der Waals surface area contributed by atoms with Crippen LogP contribution in [0.1, 0.15) is 12.0 Å². The number of amides is 3. The molecule has 0 atom stereocenters. The Balaban J connectivity index is 2.60. The van der Waals surface area contributed by atoms with E-state index < -0.39 is 12.0 Å². The second-order valence-electron chi connectivity index (χ2n) is 4.03. The number of urea groups is 1. The quantitative estimate of drug-likeness (QED) is 0.610. The molecule has 0 fully saturated rings. The van der Waals surface area contributed by atoms with Gasteiger partial charge in [-0.3, -0.25) is 9.59 Å². The molecular weight excluding hydrogens is 262 g/mol. The first-order valence-electron chi connectivity index (χ1n) is 6.08. The number of nitrogens with one attached hydrogen (secondary N) is 3. The van der Waals surface area contributed by atoms with E-state index in [0.29, 0.717) is 12.1 Å². The lowest BCUT2D eigenvalue weighted by Crippen LogP contribution is -2.37. The molecule has 0 heterocycles. The molecule has 0 aliphatic heterocycles. The number of benzene rings is 1. The topological polar surface area (TPSA) is 108 Å². The number of carboxylic acid groups (broad SMARTS) is 1. The molecule has 0 radical (unpaired) electrons. The Morgan fingerprint density at radius 2 is 1.90 bits per heavy atom. The van der Waals surface area contributed by atoms with Gasteiger partial charge in [-0.15, -0.1) is 0 Å². The van der Waals surface area contributed by atoms with Gasteiger partial charge in [0.15, 0.2) is 0 Å². The molecule has 7 nitrogen and oxygen atoms in total. The van der Waals surface area contributed by atoms with Crippen LogP contribution in [0.25, 0.3) is 0 Å². The molecule has 20 heavy (non-hydrogen) atoms. The summed E-state index contributed by atoms with van der Waals surface area (Å²) in [6.07, 6.45) is 0.305. The van der Waals surface area contributed by atoms with Gasteiger partial charge in [-0.05, 0) is 18.1 Å². The zero-order valence-electron chi connectivity index (χ0n) is 11.1. The van der Waals surface area contributed by atoms with E-state index in [1.54, 1.807) is 24.3 Å². The van der Waals surface area contributed by atoms with Gasteiger partial charge in [-0.25, -0.2) is 4.79 Å². The third-order valence-corrected chi connectivity index (χ3v) is 2.56. The highest BCUT2D eigenvalue weighted by Gasteiger charge is 2.08. The molecule has 1 aromatic rings. The van der Waals surface area contributed by atoms with Gasteiger partial charge < -0.3 is 21.1 Å². The number of para-hydroxylation sites is 1. The molecule has 0 aliphatic rings. The Hall–Kier alpha value is -2.57. The van der Waals surface area contributed by atoms with Gasteiger partial charge in [0, 0.05) is 19.2 Å². The summed E-state index contributed by atoms with van der Waals surface area (Å²) in [5.74, 6) is -1.21. The van der Waals surface area contributed by atoms with Crippen LogP contribution in [0.5, 0.6) is 0 Å². The van der Waals surface area contributed by atoms with E-state index in [1.165, 1.54) is 7.05 Å². The highest BCUT2D eigenvalue weighted by atomic mass is 16.4. The van der Waals surface area contributed by atoms with E-state index in [0.717, 1.165) is 5.56 Å². The molecule has 108 valence electrons. The lowest BCUT2D eigenvalue weighted by Gasteiger charge is -2.11. The Morgan fingerprint density at radius 3 is 2.55 bits per heavy atom. The number of carboxylic acids is 1. The molecule has 3 amide bonds. The number of likely N-dealkylation sites (N-methyl/N-ethyl adjacent to an activating group) is 1. The highest BCUT2D eigenvalue weighted by molar-refractivity contribution is 5.92. The van der Waals surface area contributed by atoms with Crippen LogP contribution in [0.15, 0.2) is 24.3 Å². The maximum atomic E-state index is 11.6. The van der Waals surface area contributed by atoms with E-state index in [2.05, 4.69) is 16.0 Å². The summed E-state index contributed by atoms with van der Waals surface area (Å²) in [6, 6.07) is 6.41. The summed E-state index contributed by atoms with van der Waals surface area (Å²) in [4.78, 5) is 33.2. The van der Waals surface area contributed by atoms with Gasteiger partial charge in [0.1, 0.15) is 0 Å². The van der Waals surface area contributed by atoms with Crippen molar-refractivity contribution < 1.29 is 19.5 Å². The van der Waals surface area contributed by atoms with Crippen molar-refractivity contribution in [1.29, 1.82) is 0 Å². The number of aryl methyl sites for hydroxylation is 1. The number of aliphatic carboxylic acids is 1. The Kier molecular flexibility index (Phi) is 6.02. The molecule has 0 bridgehead atoms. The molecule has 0 unspecified atom stereocenters. The number of anilines is 1. The molecule has 0 saturated carbocycles. The van der Waals surface area contributed by atoms with Gasteiger partial charge in [0.2, 0.25) is 5.91 Å².